The molecule has 0 amide bonds. The molecule has 17 heavy (non-hydrogen) atoms. The number of ether oxygens (including phenoxy) is 1. The van der Waals surface area contributed by atoms with Crippen molar-refractivity contribution in [3.63, 3.8) is 0 Å². The van der Waals surface area contributed by atoms with Crippen LogP contribution in [0.4, 0.5) is 0 Å². The summed E-state index contributed by atoms with van der Waals surface area (Å²) < 4.78 is 5.73. The zero-order valence-corrected chi connectivity index (χ0v) is 11.3. The van der Waals surface area contributed by atoms with E-state index in [1.807, 2.05) is 0 Å². The van der Waals surface area contributed by atoms with E-state index in [1.165, 1.54) is 11.1 Å². The zero-order valence-electron chi connectivity index (χ0n) is 11.3. The first kappa shape index (κ1) is 14.2. The molecule has 0 bridgehead atoms. The molecule has 0 aliphatic carbocycles. The Balaban J connectivity index is 3.08. The minimum absolute atomic E-state index is 0.0168. The summed E-state index contributed by atoms with van der Waals surface area (Å²) >= 11 is 0. The molecule has 0 radical (unpaired) electrons. The molecule has 1 atom stereocenters. The maximum absolute atomic E-state index is 5.73. The summed E-state index contributed by atoms with van der Waals surface area (Å²) in [7, 11) is 1.76. The van der Waals surface area contributed by atoms with Gasteiger partial charge in [0.2, 0.25) is 0 Å². The van der Waals surface area contributed by atoms with Crippen molar-refractivity contribution in [2.24, 2.45) is 5.84 Å². The molecule has 0 aromatic heterocycles. The Hall–Kier alpha value is -0.900. The lowest BCUT2D eigenvalue weighted by Gasteiger charge is -2.38. The molecule has 3 N–H and O–H groups in total. The Morgan fingerprint density at radius 3 is 2.12 bits per heavy atom. The summed E-state index contributed by atoms with van der Waals surface area (Å²) in [6.45, 7) is 6.34. The fourth-order valence-electron chi connectivity index (χ4n) is 2.38. The van der Waals surface area contributed by atoms with Gasteiger partial charge in [0.15, 0.2) is 0 Å². The average molecular weight is 236 g/mol. The van der Waals surface area contributed by atoms with E-state index in [0.717, 1.165) is 12.8 Å². The van der Waals surface area contributed by atoms with Crippen molar-refractivity contribution in [1.29, 1.82) is 0 Å². The SMILES string of the molecule is CCC(CC)(OC)C(NN)c1ccc(C)cc1. The van der Waals surface area contributed by atoms with E-state index in [4.69, 9.17) is 10.6 Å². The summed E-state index contributed by atoms with van der Waals surface area (Å²) in [6.07, 6.45) is 1.84. The Morgan fingerprint density at radius 1 is 1.24 bits per heavy atom. The largest absolute Gasteiger partial charge is 0.376 e. The topological polar surface area (TPSA) is 47.3 Å². The molecule has 0 aliphatic rings. The Kier molecular flexibility index (Phi) is 5.12. The molecule has 1 aromatic carbocycles. The number of benzene rings is 1. The third kappa shape index (κ3) is 2.86. The molecule has 0 saturated carbocycles. The molecule has 0 heterocycles. The minimum atomic E-state index is -0.246. The molecule has 0 saturated heterocycles. The van der Waals surface area contributed by atoms with Gasteiger partial charge >= 0.3 is 0 Å². The third-order valence-electron chi connectivity index (χ3n) is 3.71. The number of hydrogen-bond acceptors (Lipinski definition) is 3. The normalized spacial score (nSPS) is 13.7. The highest BCUT2D eigenvalue weighted by molar-refractivity contribution is 5.26. The maximum Gasteiger partial charge on any atom is 0.0880 e. The van der Waals surface area contributed by atoms with Gasteiger partial charge in [-0.1, -0.05) is 43.7 Å². The van der Waals surface area contributed by atoms with E-state index in [9.17, 15) is 0 Å². The fourth-order valence-corrected chi connectivity index (χ4v) is 2.38. The van der Waals surface area contributed by atoms with Crippen LogP contribution in [0.1, 0.15) is 43.9 Å². The van der Waals surface area contributed by atoms with Crippen LogP contribution in [0.5, 0.6) is 0 Å². The molecule has 0 aliphatic heterocycles. The number of rotatable bonds is 6. The summed E-state index contributed by atoms with van der Waals surface area (Å²) in [5.74, 6) is 5.73. The van der Waals surface area contributed by atoms with Gasteiger partial charge in [0.25, 0.3) is 0 Å². The van der Waals surface area contributed by atoms with Crippen molar-refractivity contribution in [2.75, 3.05) is 7.11 Å². The Labute approximate surface area is 104 Å². The standard InChI is InChI=1S/C14H24N2O/c1-5-14(6-2,17-4)13(16-15)12-9-7-11(3)8-10-12/h7-10,13,16H,5-6,15H2,1-4H3. The second kappa shape index (κ2) is 6.15. The lowest BCUT2D eigenvalue weighted by atomic mass is 9.84. The van der Waals surface area contributed by atoms with Crippen molar-refractivity contribution >= 4 is 0 Å². The summed E-state index contributed by atoms with van der Waals surface area (Å²) in [6, 6.07) is 8.44. The Bertz CT molecular complexity index is 322. The first-order valence-electron chi connectivity index (χ1n) is 6.21. The van der Waals surface area contributed by atoms with Gasteiger partial charge < -0.3 is 4.74 Å². The van der Waals surface area contributed by atoms with Gasteiger partial charge in [0.05, 0.1) is 11.6 Å². The predicted molar refractivity (Wildman–Crippen MR) is 71.6 cm³/mol. The van der Waals surface area contributed by atoms with Crippen LogP contribution in [0.3, 0.4) is 0 Å². The van der Waals surface area contributed by atoms with Crippen molar-refractivity contribution in [2.45, 2.75) is 45.3 Å². The van der Waals surface area contributed by atoms with E-state index in [1.54, 1.807) is 7.11 Å². The molecular weight excluding hydrogens is 212 g/mol. The number of hydrogen-bond donors (Lipinski definition) is 2. The molecule has 1 unspecified atom stereocenters. The maximum atomic E-state index is 5.73. The van der Waals surface area contributed by atoms with Crippen molar-refractivity contribution in [3.05, 3.63) is 35.4 Å². The van der Waals surface area contributed by atoms with Crippen LogP contribution in [0, 0.1) is 6.92 Å². The van der Waals surface area contributed by atoms with Crippen LogP contribution in [0.15, 0.2) is 24.3 Å². The van der Waals surface area contributed by atoms with Crippen LogP contribution in [0.2, 0.25) is 0 Å². The summed E-state index contributed by atoms with van der Waals surface area (Å²) in [5, 5.41) is 0. The fraction of sp³-hybridized carbons (Fsp3) is 0.571. The monoisotopic (exact) mass is 236 g/mol. The van der Waals surface area contributed by atoms with Crippen molar-refractivity contribution in [3.8, 4) is 0 Å². The molecular formula is C14H24N2O. The van der Waals surface area contributed by atoms with E-state index < -0.39 is 0 Å². The number of methoxy groups -OCH3 is 1. The van der Waals surface area contributed by atoms with E-state index >= 15 is 0 Å². The van der Waals surface area contributed by atoms with E-state index in [-0.39, 0.29) is 11.6 Å². The second-order valence-electron chi connectivity index (χ2n) is 4.49. The van der Waals surface area contributed by atoms with Gasteiger partial charge in [-0.25, -0.2) is 0 Å². The third-order valence-corrected chi connectivity index (χ3v) is 3.71. The quantitative estimate of drug-likeness (QED) is 0.589. The number of hydrazine groups is 1. The molecule has 3 heteroatoms. The van der Waals surface area contributed by atoms with Crippen LogP contribution < -0.4 is 11.3 Å². The Morgan fingerprint density at radius 2 is 1.76 bits per heavy atom. The van der Waals surface area contributed by atoms with Crippen LogP contribution >= 0.6 is 0 Å². The van der Waals surface area contributed by atoms with E-state index in [0.29, 0.717) is 0 Å². The van der Waals surface area contributed by atoms with Crippen molar-refractivity contribution in [1.82, 2.24) is 5.43 Å². The molecule has 0 spiro atoms. The lowest BCUT2D eigenvalue weighted by molar-refractivity contribution is -0.0486. The highest BCUT2D eigenvalue weighted by atomic mass is 16.5. The van der Waals surface area contributed by atoms with Crippen LogP contribution in [-0.4, -0.2) is 12.7 Å². The van der Waals surface area contributed by atoms with Gasteiger partial charge in [-0.2, -0.15) is 0 Å². The smallest absolute Gasteiger partial charge is 0.0880 e. The summed E-state index contributed by atoms with van der Waals surface area (Å²) in [4.78, 5) is 0. The second-order valence-corrected chi connectivity index (χ2v) is 4.49. The van der Waals surface area contributed by atoms with Crippen LogP contribution in [0.25, 0.3) is 0 Å². The molecule has 1 aromatic rings. The highest BCUT2D eigenvalue weighted by Gasteiger charge is 2.36. The molecule has 0 fully saturated rings. The van der Waals surface area contributed by atoms with Gasteiger partial charge in [0.1, 0.15) is 0 Å². The zero-order chi connectivity index (χ0) is 12.9. The van der Waals surface area contributed by atoms with Crippen LogP contribution in [-0.2, 0) is 4.74 Å². The summed E-state index contributed by atoms with van der Waals surface area (Å²) in [5.41, 5.74) is 5.08. The average Bonchev–Trinajstić information content (AvgIpc) is 2.38. The van der Waals surface area contributed by atoms with Gasteiger partial charge in [0, 0.05) is 7.11 Å². The molecule has 96 valence electrons. The van der Waals surface area contributed by atoms with Gasteiger partial charge in [-0.05, 0) is 25.3 Å². The number of nitrogens with one attached hydrogen (secondary N) is 1. The predicted octanol–water partition coefficient (Wildman–Crippen LogP) is 2.70. The van der Waals surface area contributed by atoms with Gasteiger partial charge in [-0.15, -0.1) is 0 Å². The molecule has 1 rings (SSSR count). The van der Waals surface area contributed by atoms with E-state index in [2.05, 4.69) is 50.5 Å². The lowest BCUT2D eigenvalue weighted by Crippen LogP contribution is -2.47. The first-order valence-corrected chi connectivity index (χ1v) is 6.21. The van der Waals surface area contributed by atoms with Gasteiger partial charge in [-0.3, -0.25) is 11.3 Å². The number of nitrogens with two attached hydrogens (primary N) is 1. The first-order chi connectivity index (χ1) is 8.13. The number of aryl methyl sites for hydroxylation is 1. The minimum Gasteiger partial charge on any atom is -0.376 e. The van der Waals surface area contributed by atoms with Crippen molar-refractivity contribution < 1.29 is 4.74 Å². The highest BCUT2D eigenvalue weighted by Crippen LogP contribution is 2.34. The molecule has 3 nitrogen and oxygen atoms in total.